The van der Waals surface area contributed by atoms with E-state index in [1.54, 1.807) is 0 Å². The normalized spacial score (nSPS) is 34.6. The third kappa shape index (κ3) is 3.29. The smallest absolute Gasteiger partial charge is 0.237 e. The first-order chi connectivity index (χ1) is 9.02. The van der Waals surface area contributed by atoms with Gasteiger partial charge in [0.2, 0.25) is 5.91 Å². The molecule has 0 bridgehead atoms. The van der Waals surface area contributed by atoms with E-state index in [9.17, 15) is 4.79 Å². The van der Waals surface area contributed by atoms with Gasteiger partial charge in [-0.1, -0.05) is 13.3 Å². The summed E-state index contributed by atoms with van der Waals surface area (Å²) < 4.78 is 0. The van der Waals surface area contributed by atoms with Crippen molar-refractivity contribution in [1.82, 2.24) is 10.2 Å². The van der Waals surface area contributed by atoms with E-state index in [2.05, 4.69) is 24.1 Å². The molecule has 0 spiro atoms. The Labute approximate surface area is 117 Å². The molecule has 1 aliphatic carbocycles. The Morgan fingerprint density at radius 2 is 2.11 bits per heavy atom. The molecular formula is C15H29N3O. The molecule has 5 atom stereocenters. The molecule has 0 aromatic carbocycles. The first-order valence-electron chi connectivity index (χ1n) is 7.83. The molecule has 110 valence electrons. The average Bonchev–Trinajstić information content (AvgIpc) is 2.83. The lowest BCUT2D eigenvalue weighted by molar-refractivity contribution is -0.126. The van der Waals surface area contributed by atoms with E-state index in [-0.39, 0.29) is 18.0 Å². The van der Waals surface area contributed by atoms with Gasteiger partial charge in [0.25, 0.3) is 0 Å². The predicted octanol–water partition coefficient (Wildman–Crippen LogP) is 1.35. The van der Waals surface area contributed by atoms with Crippen molar-refractivity contribution in [3.05, 3.63) is 0 Å². The third-order valence-electron chi connectivity index (χ3n) is 5.11. The molecule has 3 N–H and O–H groups in total. The Morgan fingerprint density at radius 1 is 1.37 bits per heavy atom. The van der Waals surface area contributed by atoms with Crippen LogP contribution in [0.4, 0.5) is 0 Å². The molecule has 1 aliphatic heterocycles. The summed E-state index contributed by atoms with van der Waals surface area (Å²) in [5, 5.41) is 3.09. The maximum atomic E-state index is 12.2. The van der Waals surface area contributed by atoms with Gasteiger partial charge in [0.15, 0.2) is 0 Å². The fourth-order valence-corrected chi connectivity index (χ4v) is 3.50. The fourth-order valence-electron chi connectivity index (χ4n) is 3.50. The van der Waals surface area contributed by atoms with E-state index >= 15 is 0 Å². The number of hydrogen-bond acceptors (Lipinski definition) is 3. The largest absolute Gasteiger partial charge is 0.352 e. The maximum Gasteiger partial charge on any atom is 0.237 e. The lowest BCUT2D eigenvalue weighted by atomic mass is 9.78. The van der Waals surface area contributed by atoms with E-state index in [0.717, 1.165) is 25.9 Å². The first-order valence-corrected chi connectivity index (χ1v) is 7.83. The molecule has 5 unspecified atom stereocenters. The molecule has 0 aromatic heterocycles. The number of nitrogens with two attached hydrogens (primary N) is 1. The molecule has 1 amide bonds. The van der Waals surface area contributed by atoms with E-state index in [4.69, 9.17) is 5.73 Å². The molecule has 0 radical (unpaired) electrons. The van der Waals surface area contributed by atoms with Gasteiger partial charge in [-0.05, 0) is 44.9 Å². The third-order valence-corrected chi connectivity index (χ3v) is 5.11. The van der Waals surface area contributed by atoms with Crippen molar-refractivity contribution in [2.45, 2.75) is 64.6 Å². The Bertz CT molecular complexity index is 321. The van der Waals surface area contributed by atoms with Gasteiger partial charge in [-0.25, -0.2) is 0 Å². The standard InChI is InChI=1S/C15H29N3O/c1-4-10(2)17-15(19)11(3)18-8-12-6-5-7-14(16)13(12)9-18/h10-14H,4-9,16H2,1-3H3,(H,17,19). The zero-order chi connectivity index (χ0) is 14.0. The molecule has 4 nitrogen and oxygen atoms in total. The summed E-state index contributed by atoms with van der Waals surface area (Å²) in [5.41, 5.74) is 6.23. The van der Waals surface area contributed by atoms with Gasteiger partial charge >= 0.3 is 0 Å². The lowest BCUT2D eigenvalue weighted by Gasteiger charge is -2.30. The van der Waals surface area contributed by atoms with Crippen LogP contribution < -0.4 is 11.1 Å². The molecule has 2 fully saturated rings. The highest BCUT2D eigenvalue weighted by molar-refractivity contribution is 5.81. The minimum absolute atomic E-state index is 0.0215. The van der Waals surface area contributed by atoms with Gasteiger partial charge in [0.1, 0.15) is 0 Å². The van der Waals surface area contributed by atoms with E-state index in [0.29, 0.717) is 17.9 Å². The Morgan fingerprint density at radius 3 is 2.74 bits per heavy atom. The van der Waals surface area contributed by atoms with Gasteiger partial charge in [-0.2, -0.15) is 0 Å². The summed E-state index contributed by atoms with van der Waals surface area (Å²) in [6, 6.07) is 0.586. The van der Waals surface area contributed by atoms with Gasteiger partial charge < -0.3 is 11.1 Å². The van der Waals surface area contributed by atoms with Crippen molar-refractivity contribution < 1.29 is 4.79 Å². The Hall–Kier alpha value is -0.610. The molecule has 2 aliphatic rings. The zero-order valence-corrected chi connectivity index (χ0v) is 12.6. The number of rotatable bonds is 4. The van der Waals surface area contributed by atoms with Crippen molar-refractivity contribution in [2.75, 3.05) is 13.1 Å². The lowest BCUT2D eigenvalue weighted by Crippen LogP contribution is -2.47. The minimum atomic E-state index is -0.0215. The van der Waals surface area contributed by atoms with E-state index in [1.165, 1.54) is 12.8 Å². The molecule has 0 aromatic rings. The molecular weight excluding hydrogens is 238 g/mol. The first kappa shape index (κ1) is 14.8. The highest BCUT2D eigenvalue weighted by Gasteiger charge is 2.41. The molecule has 19 heavy (non-hydrogen) atoms. The van der Waals surface area contributed by atoms with Crippen LogP contribution in [0.1, 0.15) is 46.5 Å². The van der Waals surface area contributed by atoms with Crippen LogP contribution in [-0.2, 0) is 4.79 Å². The number of likely N-dealkylation sites (tertiary alicyclic amines) is 1. The predicted molar refractivity (Wildman–Crippen MR) is 77.7 cm³/mol. The number of carbonyl (C=O) groups is 1. The summed E-state index contributed by atoms with van der Waals surface area (Å²) in [7, 11) is 0. The summed E-state index contributed by atoms with van der Waals surface area (Å²) in [4.78, 5) is 14.5. The van der Waals surface area contributed by atoms with Gasteiger partial charge in [-0.3, -0.25) is 9.69 Å². The van der Waals surface area contributed by atoms with Crippen LogP contribution in [0.3, 0.4) is 0 Å². The quantitative estimate of drug-likeness (QED) is 0.808. The number of fused-ring (bicyclic) bond motifs is 1. The van der Waals surface area contributed by atoms with E-state index < -0.39 is 0 Å². The van der Waals surface area contributed by atoms with Gasteiger partial charge in [-0.15, -0.1) is 0 Å². The summed E-state index contributed by atoms with van der Waals surface area (Å²) in [5.74, 6) is 1.48. The second kappa shape index (κ2) is 6.23. The van der Waals surface area contributed by atoms with Crippen molar-refractivity contribution in [3.63, 3.8) is 0 Å². The van der Waals surface area contributed by atoms with Crippen LogP contribution in [0, 0.1) is 11.8 Å². The van der Waals surface area contributed by atoms with Crippen LogP contribution in [0.15, 0.2) is 0 Å². The Kier molecular flexibility index (Phi) is 4.85. The SMILES string of the molecule is CCC(C)NC(=O)C(C)N1CC2CCCC(N)C2C1. The van der Waals surface area contributed by atoms with Crippen LogP contribution in [0.5, 0.6) is 0 Å². The molecule has 2 rings (SSSR count). The monoisotopic (exact) mass is 267 g/mol. The molecule has 1 saturated heterocycles. The van der Waals surface area contributed by atoms with Crippen LogP contribution in [-0.4, -0.2) is 42.0 Å². The van der Waals surface area contributed by atoms with Crippen molar-refractivity contribution in [1.29, 1.82) is 0 Å². The van der Waals surface area contributed by atoms with E-state index in [1.807, 2.05) is 6.92 Å². The topological polar surface area (TPSA) is 58.4 Å². The molecule has 1 saturated carbocycles. The Balaban J connectivity index is 1.90. The second-order valence-electron chi connectivity index (χ2n) is 6.47. The van der Waals surface area contributed by atoms with Crippen LogP contribution in [0.25, 0.3) is 0 Å². The summed E-state index contributed by atoms with van der Waals surface area (Å²) >= 11 is 0. The number of nitrogens with zero attached hydrogens (tertiary/aromatic N) is 1. The number of nitrogens with one attached hydrogen (secondary N) is 1. The van der Waals surface area contributed by atoms with Gasteiger partial charge in [0.05, 0.1) is 6.04 Å². The van der Waals surface area contributed by atoms with Crippen LogP contribution >= 0.6 is 0 Å². The number of amides is 1. The molecule has 1 heterocycles. The number of carbonyl (C=O) groups excluding carboxylic acids is 1. The van der Waals surface area contributed by atoms with Crippen molar-refractivity contribution in [2.24, 2.45) is 17.6 Å². The maximum absolute atomic E-state index is 12.2. The van der Waals surface area contributed by atoms with Gasteiger partial charge in [0, 0.05) is 25.2 Å². The molecule has 4 heteroatoms. The van der Waals surface area contributed by atoms with Crippen LogP contribution in [0.2, 0.25) is 0 Å². The number of hydrogen-bond donors (Lipinski definition) is 2. The average molecular weight is 267 g/mol. The minimum Gasteiger partial charge on any atom is -0.352 e. The zero-order valence-electron chi connectivity index (χ0n) is 12.6. The fraction of sp³-hybridized carbons (Fsp3) is 0.933. The van der Waals surface area contributed by atoms with Crippen molar-refractivity contribution in [3.8, 4) is 0 Å². The highest BCUT2D eigenvalue weighted by atomic mass is 16.2. The summed E-state index contributed by atoms with van der Waals surface area (Å²) in [6.07, 6.45) is 4.68. The highest BCUT2D eigenvalue weighted by Crippen LogP contribution is 2.36. The van der Waals surface area contributed by atoms with Crippen molar-refractivity contribution >= 4 is 5.91 Å². The second-order valence-corrected chi connectivity index (χ2v) is 6.47. The summed E-state index contributed by atoms with van der Waals surface area (Å²) in [6.45, 7) is 8.23.